The number of alkyl halides is 2. The van der Waals surface area contributed by atoms with E-state index < -0.39 is 18.3 Å². The quantitative estimate of drug-likeness (QED) is 0.715. The van der Waals surface area contributed by atoms with Gasteiger partial charge in [0.25, 0.3) is 5.91 Å². The standard InChI is InChI=1S/C19H16F3N3O2/c1-11-9-12(2)25(24-11)16-8-7-13(10-15(16)20)23-18(26)14-5-3-4-6-17(14)27-19(21)22/h3-10,19H,1-2H3,(H,23,26). The van der Waals surface area contributed by atoms with E-state index in [2.05, 4.69) is 15.2 Å². The number of anilines is 1. The number of hydrogen-bond donors (Lipinski definition) is 1. The minimum atomic E-state index is -3.06. The lowest BCUT2D eigenvalue weighted by Crippen LogP contribution is -2.15. The Kier molecular flexibility index (Phi) is 5.16. The predicted molar refractivity (Wildman–Crippen MR) is 94.0 cm³/mol. The van der Waals surface area contributed by atoms with Gasteiger partial charge >= 0.3 is 6.61 Å². The van der Waals surface area contributed by atoms with E-state index in [9.17, 15) is 18.0 Å². The van der Waals surface area contributed by atoms with Crippen LogP contribution >= 0.6 is 0 Å². The molecule has 0 radical (unpaired) electrons. The van der Waals surface area contributed by atoms with Crippen molar-refractivity contribution in [3.8, 4) is 11.4 Å². The molecule has 0 saturated heterocycles. The average Bonchev–Trinajstić information content (AvgIpc) is 2.93. The molecule has 1 amide bonds. The second-order valence-corrected chi connectivity index (χ2v) is 5.83. The summed E-state index contributed by atoms with van der Waals surface area (Å²) in [5, 5.41) is 6.70. The molecule has 0 saturated carbocycles. The van der Waals surface area contributed by atoms with Crippen LogP contribution in [0.4, 0.5) is 18.9 Å². The van der Waals surface area contributed by atoms with E-state index in [0.717, 1.165) is 17.5 Å². The smallest absolute Gasteiger partial charge is 0.387 e. The predicted octanol–water partition coefficient (Wildman–Crippen LogP) is 4.48. The van der Waals surface area contributed by atoms with Crippen molar-refractivity contribution in [3.63, 3.8) is 0 Å². The van der Waals surface area contributed by atoms with Crippen molar-refractivity contribution in [3.05, 3.63) is 71.3 Å². The number of rotatable bonds is 5. The van der Waals surface area contributed by atoms with Crippen LogP contribution in [-0.4, -0.2) is 22.3 Å². The van der Waals surface area contributed by atoms with Gasteiger partial charge in [-0.05, 0) is 50.2 Å². The Labute approximate surface area is 153 Å². The number of carbonyl (C=O) groups is 1. The topological polar surface area (TPSA) is 56.2 Å². The maximum Gasteiger partial charge on any atom is 0.387 e. The average molecular weight is 375 g/mol. The lowest BCUT2D eigenvalue weighted by atomic mass is 10.1. The third-order valence-corrected chi connectivity index (χ3v) is 3.79. The summed E-state index contributed by atoms with van der Waals surface area (Å²) >= 11 is 0. The normalized spacial score (nSPS) is 10.9. The Morgan fingerprint density at radius 3 is 2.52 bits per heavy atom. The molecular weight excluding hydrogens is 359 g/mol. The highest BCUT2D eigenvalue weighted by Crippen LogP contribution is 2.23. The number of aromatic nitrogens is 2. The zero-order valence-electron chi connectivity index (χ0n) is 14.5. The Morgan fingerprint density at radius 2 is 1.89 bits per heavy atom. The molecule has 0 unspecified atom stereocenters. The summed E-state index contributed by atoms with van der Waals surface area (Å²) in [7, 11) is 0. The fraction of sp³-hybridized carbons (Fsp3) is 0.158. The lowest BCUT2D eigenvalue weighted by Gasteiger charge is -2.12. The van der Waals surface area contributed by atoms with Crippen LogP contribution in [0, 0.1) is 19.7 Å². The number of para-hydroxylation sites is 1. The van der Waals surface area contributed by atoms with Gasteiger partial charge in [-0.3, -0.25) is 4.79 Å². The molecule has 140 valence electrons. The number of nitrogens with one attached hydrogen (secondary N) is 1. The zero-order valence-corrected chi connectivity index (χ0v) is 14.5. The van der Waals surface area contributed by atoms with Gasteiger partial charge in [-0.25, -0.2) is 9.07 Å². The van der Waals surface area contributed by atoms with Crippen molar-refractivity contribution in [2.75, 3.05) is 5.32 Å². The van der Waals surface area contributed by atoms with E-state index in [0.29, 0.717) is 0 Å². The minimum absolute atomic E-state index is 0.0826. The van der Waals surface area contributed by atoms with Crippen LogP contribution in [0.1, 0.15) is 21.7 Å². The number of nitrogens with zero attached hydrogens (tertiary/aromatic N) is 2. The summed E-state index contributed by atoms with van der Waals surface area (Å²) in [6.07, 6.45) is 0. The summed E-state index contributed by atoms with van der Waals surface area (Å²) in [6, 6.07) is 11.5. The van der Waals surface area contributed by atoms with Gasteiger partial charge in [0, 0.05) is 11.4 Å². The molecule has 0 bridgehead atoms. The highest BCUT2D eigenvalue weighted by atomic mass is 19.3. The van der Waals surface area contributed by atoms with E-state index in [1.807, 2.05) is 6.07 Å². The van der Waals surface area contributed by atoms with Gasteiger partial charge in [-0.15, -0.1) is 0 Å². The Bertz CT molecular complexity index is 986. The van der Waals surface area contributed by atoms with Gasteiger partial charge < -0.3 is 10.1 Å². The van der Waals surface area contributed by atoms with Gasteiger partial charge in [0.2, 0.25) is 0 Å². The zero-order chi connectivity index (χ0) is 19.6. The number of ether oxygens (including phenoxy) is 1. The molecule has 0 aliphatic carbocycles. The maximum atomic E-state index is 14.5. The summed E-state index contributed by atoms with van der Waals surface area (Å²) in [5.74, 6) is -1.54. The summed E-state index contributed by atoms with van der Waals surface area (Å²) in [4.78, 5) is 12.4. The molecule has 0 spiro atoms. The van der Waals surface area contributed by atoms with Crippen LogP contribution in [-0.2, 0) is 0 Å². The number of benzene rings is 2. The van der Waals surface area contributed by atoms with Crippen LogP contribution < -0.4 is 10.1 Å². The summed E-state index contributed by atoms with van der Waals surface area (Å²) < 4.78 is 45.2. The fourth-order valence-electron chi connectivity index (χ4n) is 2.68. The van der Waals surface area contributed by atoms with Gasteiger partial charge in [0.1, 0.15) is 11.4 Å². The Hall–Kier alpha value is -3.29. The molecule has 3 aromatic rings. The van der Waals surface area contributed by atoms with Crippen molar-refractivity contribution < 1.29 is 22.7 Å². The molecule has 5 nitrogen and oxygen atoms in total. The van der Waals surface area contributed by atoms with Gasteiger partial charge in [-0.2, -0.15) is 13.9 Å². The Balaban J connectivity index is 1.84. The molecule has 1 heterocycles. The number of hydrogen-bond acceptors (Lipinski definition) is 3. The first-order valence-electron chi connectivity index (χ1n) is 8.03. The molecular formula is C19H16F3N3O2. The van der Waals surface area contributed by atoms with Crippen LogP contribution in [0.3, 0.4) is 0 Å². The van der Waals surface area contributed by atoms with Crippen LogP contribution in [0.15, 0.2) is 48.5 Å². The number of aryl methyl sites for hydroxylation is 2. The number of amides is 1. The van der Waals surface area contributed by atoms with Gasteiger partial charge in [0.15, 0.2) is 5.82 Å². The van der Waals surface area contributed by atoms with Crippen molar-refractivity contribution in [2.24, 2.45) is 0 Å². The first-order valence-corrected chi connectivity index (χ1v) is 8.03. The third-order valence-electron chi connectivity index (χ3n) is 3.79. The van der Waals surface area contributed by atoms with Gasteiger partial charge in [-0.1, -0.05) is 12.1 Å². The van der Waals surface area contributed by atoms with Crippen molar-refractivity contribution in [2.45, 2.75) is 20.5 Å². The van der Waals surface area contributed by atoms with E-state index in [4.69, 9.17) is 0 Å². The summed E-state index contributed by atoms with van der Waals surface area (Å²) in [6.45, 7) is 0.542. The largest absolute Gasteiger partial charge is 0.434 e. The van der Waals surface area contributed by atoms with E-state index in [-0.39, 0.29) is 22.7 Å². The first kappa shape index (κ1) is 18.5. The summed E-state index contributed by atoms with van der Waals surface area (Å²) in [5.41, 5.74) is 1.84. The second kappa shape index (κ2) is 7.53. The minimum Gasteiger partial charge on any atom is -0.434 e. The van der Waals surface area contributed by atoms with Crippen LogP contribution in [0.2, 0.25) is 0 Å². The second-order valence-electron chi connectivity index (χ2n) is 5.83. The molecule has 27 heavy (non-hydrogen) atoms. The van der Waals surface area contributed by atoms with Crippen molar-refractivity contribution in [1.82, 2.24) is 9.78 Å². The maximum absolute atomic E-state index is 14.5. The molecule has 2 aromatic carbocycles. The highest BCUT2D eigenvalue weighted by Gasteiger charge is 2.16. The molecule has 8 heteroatoms. The molecule has 0 fully saturated rings. The molecule has 0 aliphatic rings. The van der Waals surface area contributed by atoms with Crippen molar-refractivity contribution in [1.29, 1.82) is 0 Å². The van der Waals surface area contributed by atoms with E-state index >= 15 is 0 Å². The molecule has 1 aromatic heterocycles. The highest BCUT2D eigenvalue weighted by molar-refractivity contribution is 6.06. The van der Waals surface area contributed by atoms with Gasteiger partial charge in [0.05, 0.1) is 11.3 Å². The molecule has 0 atom stereocenters. The third kappa shape index (κ3) is 4.11. The van der Waals surface area contributed by atoms with Crippen molar-refractivity contribution >= 4 is 11.6 Å². The number of carbonyl (C=O) groups excluding carboxylic acids is 1. The molecule has 1 N–H and O–H groups in total. The molecule has 3 rings (SSSR count). The van der Waals surface area contributed by atoms with E-state index in [1.54, 1.807) is 13.8 Å². The van der Waals surface area contributed by atoms with E-state index in [1.165, 1.54) is 41.1 Å². The van der Waals surface area contributed by atoms with Crippen LogP contribution in [0.25, 0.3) is 5.69 Å². The SMILES string of the molecule is Cc1cc(C)n(-c2ccc(NC(=O)c3ccccc3OC(F)F)cc2F)n1. The van der Waals surface area contributed by atoms with Crippen LogP contribution in [0.5, 0.6) is 5.75 Å². The lowest BCUT2D eigenvalue weighted by molar-refractivity contribution is -0.0501. The number of halogens is 3. The Morgan fingerprint density at radius 1 is 1.15 bits per heavy atom. The fourth-order valence-corrected chi connectivity index (χ4v) is 2.68. The molecule has 0 aliphatic heterocycles. The monoisotopic (exact) mass is 375 g/mol. The first-order chi connectivity index (χ1) is 12.8.